The molecule has 0 radical (unpaired) electrons. The average Bonchev–Trinajstić information content (AvgIpc) is 2.25. The molecule has 1 aromatic heterocycles. The van der Waals surface area contributed by atoms with Gasteiger partial charge < -0.3 is 20.3 Å². The summed E-state index contributed by atoms with van der Waals surface area (Å²) in [4.78, 5) is 19.1. The second-order valence-electron chi connectivity index (χ2n) is 2.89. The van der Waals surface area contributed by atoms with Gasteiger partial charge in [-0.15, -0.1) is 0 Å². The van der Waals surface area contributed by atoms with Crippen molar-refractivity contribution in [1.82, 2.24) is 9.97 Å². The highest BCUT2D eigenvalue weighted by Crippen LogP contribution is 2.20. The van der Waals surface area contributed by atoms with Gasteiger partial charge in [-0.1, -0.05) is 5.11 Å². The van der Waals surface area contributed by atoms with Crippen LogP contribution in [0.2, 0.25) is 0 Å². The summed E-state index contributed by atoms with van der Waals surface area (Å²) in [7, 11) is 0. The van der Waals surface area contributed by atoms with Crippen molar-refractivity contribution in [2.24, 2.45) is 5.11 Å². The maximum Gasteiger partial charge on any atom is 0.260 e. The van der Waals surface area contributed by atoms with Crippen molar-refractivity contribution in [3.63, 3.8) is 0 Å². The number of H-pyrrole nitrogens is 1. The second-order valence-corrected chi connectivity index (χ2v) is 2.89. The molecule has 0 bridgehead atoms. The fraction of sp³-hybridized carbons (Fsp3) is 0.429. The molecule has 2 unspecified atom stereocenters. The summed E-state index contributed by atoms with van der Waals surface area (Å²) in [6.07, 6.45) is -2.22. The average molecular weight is 227 g/mol. The summed E-state index contributed by atoms with van der Waals surface area (Å²) in [6.45, 7) is -0.425. The molecular formula is C7H9N5O4. The van der Waals surface area contributed by atoms with Gasteiger partial charge >= 0.3 is 0 Å². The van der Waals surface area contributed by atoms with Crippen LogP contribution in [0.4, 0.5) is 0 Å². The van der Waals surface area contributed by atoms with E-state index in [4.69, 9.17) is 5.53 Å². The van der Waals surface area contributed by atoms with Crippen molar-refractivity contribution in [3.8, 4) is 5.88 Å². The molecule has 0 aliphatic heterocycles. The van der Waals surface area contributed by atoms with Crippen LogP contribution < -0.4 is 5.56 Å². The van der Waals surface area contributed by atoms with E-state index < -0.39 is 35.8 Å². The lowest BCUT2D eigenvalue weighted by Gasteiger charge is -2.15. The smallest absolute Gasteiger partial charge is 0.260 e. The van der Waals surface area contributed by atoms with Gasteiger partial charge in [-0.25, -0.2) is 4.98 Å². The Kier molecular flexibility index (Phi) is 3.84. The molecule has 9 heteroatoms. The highest BCUT2D eigenvalue weighted by Gasteiger charge is 2.24. The van der Waals surface area contributed by atoms with Gasteiger partial charge in [0.15, 0.2) is 0 Å². The lowest BCUT2D eigenvalue weighted by atomic mass is 10.1. The van der Waals surface area contributed by atoms with Gasteiger partial charge in [-0.2, -0.15) is 0 Å². The Balaban J connectivity index is 3.00. The number of nitrogens with one attached hydrogen (secondary N) is 1. The maximum atomic E-state index is 11.2. The molecule has 0 saturated heterocycles. The molecule has 0 aliphatic carbocycles. The largest absolute Gasteiger partial charge is 0.493 e. The molecule has 0 fully saturated rings. The Bertz CT molecular complexity index is 466. The van der Waals surface area contributed by atoms with Crippen LogP contribution in [-0.4, -0.2) is 37.9 Å². The predicted octanol–water partition coefficient (Wildman–Crippen LogP) is -0.820. The molecule has 0 spiro atoms. The molecule has 1 aromatic rings. The van der Waals surface area contributed by atoms with Gasteiger partial charge in [0.05, 0.1) is 19.0 Å². The first-order valence-corrected chi connectivity index (χ1v) is 4.21. The highest BCUT2D eigenvalue weighted by atomic mass is 16.3. The molecule has 0 aliphatic rings. The summed E-state index contributed by atoms with van der Waals surface area (Å²) < 4.78 is 0. The summed E-state index contributed by atoms with van der Waals surface area (Å²) in [6, 6.07) is 0. The first-order valence-electron chi connectivity index (χ1n) is 4.21. The number of aromatic nitrogens is 2. The highest BCUT2D eigenvalue weighted by molar-refractivity contribution is 5.24. The number of aliphatic hydroxyl groups is 2. The van der Waals surface area contributed by atoms with Crippen molar-refractivity contribution in [1.29, 1.82) is 0 Å². The minimum absolute atomic E-state index is 0.425. The Labute approximate surface area is 88.6 Å². The fourth-order valence-electron chi connectivity index (χ4n) is 1.08. The quantitative estimate of drug-likeness (QED) is 0.300. The minimum Gasteiger partial charge on any atom is -0.493 e. The number of hydrogen-bond donors (Lipinski definition) is 4. The third kappa shape index (κ3) is 2.48. The van der Waals surface area contributed by atoms with E-state index in [0.717, 1.165) is 6.33 Å². The molecule has 0 aromatic carbocycles. The third-order valence-corrected chi connectivity index (χ3v) is 1.86. The molecule has 0 amide bonds. The lowest BCUT2D eigenvalue weighted by molar-refractivity contribution is 0.0217. The molecule has 1 heterocycles. The molecule has 4 N–H and O–H groups in total. The zero-order chi connectivity index (χ0) is 12.1. The molecular weight excluding hydrogens is 218 g/mol. The van der Waals surface area contributed by atoms with Gasteiger partial charge in [-0.3, -0.25) is 4.79 Å². The second kappa shape index (κ2) is 5.12. The van der Waals surface area contributed by atoms with Crippen molar-refractivity contribution < 1.29 is 15.3 Å². The number of hydrogen-bond acceptors (Lipinski definition) is 6. The number of aliphatic hydroxyl groups excluding tert-OH is 2. The molecule has 2 atom stereocenters. The summed E-state index contributed by atoms with van der Waals surface area (Å²) in [5.41, 5.74) is 6.77. The maximum absolute atomic E-state index is 11.2. The van der Waals surface area contributed by atoms with Gasteiger partial charge in [0, 0.05) is 4.91 Å². The van der Waals surface area contributed by atoms with E-state index in [1.807, 2.05) is 0 Å². The van der Waals surface area contributed by atoms with Crippen LogP contribution in [0, 0.1) is 0 Å². The van der Waals surface area contributed by atoms with Crippen LogP contribution in [0.5, 0.6) is 5.88 Å². The predicted molar refractivity (Wildman–Crippen MR) is 51.5 cm³/mol. The number of aromatic hydroxyl groups is 1. The van der Waals surface area contributed by atoms with Gasteiger partial charge in [-0.05, 0) is 5.53 Å². The van der Waals surface area contributed by atoms with E-state index in [9.17, 15) is 20.1 Å². The van der Waals surface area contributed by atoms with Gasteiger partial charge in [0.2, 0.25) is 5.88 Å². The van der Waals surface area contributed by atoms with Crippen LogP contribution >= 0.6 is 0 Å². The molecule has 9 nitrogen and oxygen atoms in total. The third-order valence-electron chi connectivity index (χ3n) is 1.86. The Morgan fingerprint density at radius 2 is 2.31 bits per heavy atom. The summed E-state index contributed by atoms with van der Waals surface area (Å²) >= 11 is 0. The zero-order valence-corrected chi connectivity index (χ0v) is 7.98. The normalized spacial score (nSPS) is 13.9. The van der Waals surface area contributed by atoms with E-state index in [0.29, 0.717) is 0 Å². The Hall–Kier alpha value is -2.09. The first kappa shape index (κ1) is 12.0. The van der Waals surface area contributed by atoms with E-state index >= 15 is 0 Å². The van der Waals surface area contributed by atoms with Crippen molar-refractivity contribution in [2.45, 2.75) is 12.2 Å². The van der Waals surface area contributed by atoms with E-state index in [-0.39, 0.29) is 0 Å². The standard InChI is InChI=1S/C7H9N5O4/c8-12-11-1-3(13)5(14)4-6(15)9-2-10-7(4)16/h2-3,5,13-14H,1H2,(H2,9,10,15,16). The number of nitrogens with zero attached hydrogens (tertiary/aromatic N) is 4. The van der Waals surface area contributed by atoms with Gasteiger partial charge in [0.25, 0.3) is 5.56 Å². The Morgan fingerprint density at radius 1 is 1.62 bits per heavy atom. The Morgan fingerprint density at radius 3 is 2.88 bits per heavy atom. The SMILES string of the molecule is [N-]=[N+]=NCC(O)C(O)c1c(O)nc[nH]c1=O. The zero-order valence-electron chi connectivity index (χ0n) is 7.98. The lowest BCUT2D eigenvalue weighted by Crippen LogP contribution is -2.27. The topological polar surface area (TPSA) is 155 Å². The van der Waals surface area contributed by atoms with E-state index in [1.54, 1.807) is 0 Å². The minimum atomic E-state index is -1.68. The molecule has 86 valence electrons. The van der Waals surface area contributed by atoms with E-state index in [2.05, 4.69) is 20.0 Å². The van der Waals surface area contributed by atoms with Crippen molar-refractivity contribution in [3.05, 3.63) is 32.7 Å². The summed E-state index contributed by atoms with van der Waals surface area (Å²) in [5.74, 6) is -0.684. The number of rotatable bonds is 4. The van der Waals surface area contributed by atoms with Crippen LogP contribution in [-0.2, 0) is 0 Å². The van der Waals surface area contributed by atoms with Crippen LogP contribution in [0.25, 0.3) is 10.4 Å². The van der Waals surface area contributed by atoms with Crippen molar-refractivity contribution in [2.75, 3.05) is 6.54 Å². The van der Waals surface area contributed by atoms with Crippen LogP contribution in [0.15, 0.2) is 16.2 Å². The number of aromatic amines is 1. The first-order chi connectivity index (χ1) is 7.57. The summed E-state index contributed by atoms with van der Waals surface area (Å²) in [5, 5.41) is 31.1. The van der Waals surface area contributed by atoms with E-state index in [1.165, 1.54) is 0 Å². The molecule has 1 rings (SSSR count). The molecule has 16 heavy (non-hydrogen) atoms. The fourth-order valence-corrected chi connectivity index (χ4v) is 1.08. The van der Waals surface area contributed by atoms with Crippen LogP contribution in [0.3, 0.4) is 0 Å². The number of azide groups is 1. The van der Waals surface area contributed by atoms with Crippen LogP contribution in [0.1, 0.15) is 11.7 Å². The monoisotopic (exact) mass is 227 g/mol. The van der Waals surface area contributed by atoms with Crippen molar-refractivity contribution >= 4 is 0 Å². The van der Waals surface area contributed by atoms with Gasteiger partial charge in [0.1, 0.15) is 11.7 Å². The molecule has 0 saturated carbocycles.